The predicted octanol–water partition coefficient (Wildman–Crippen LogP) is 2.15. The fourth-order valence-electron chi connectivity index (χ4n) is 3.39. The second-order valence-corrected chi connectivity index (χ2v) is 6.01. The molecule has 0 saturated carbocycles. The van der Waals surface area contributed by atoms with Crippen LogP contribution in [-0.2, 0) is 11.3 Å². The van der Waals surface area contributed by atoms with Gasteiger partial charge in [0.2, 0.25) is 5.91 Å². The van der Waals surface area contributed by atoms with E-state index in [1.807, 2.05) is 24.3 Å². The van der Waals surface area contributed by atoms with E-state index >= 15 is 0 Å². The quantitative estimate of drug-likeness (QED) is 0.854. The zero-order valence-electron chi connectivity index (χ0n) is 12.3. The average Bonchev–Trinajstić information content (AvgIpc) is 2.95. The van der Waals surface area contributed by atoms with E-state index in [1.165, 1.54) is 5.56 Å². The second-order valence-electron chi connectivity index (χ2n) is 6.01. The fraction of sp³-hybridized carbons (Fsp3) is 0.529. The zero-order chi connectivity index (χ0) is 14.7. The monoisotopic (exact) mass is 283 g/mol. The van der Waals surface area contributed by atoms with E-state index in [0.29, 0.717) is 17.5 Å². The maximum absolute atomic E-state index is 11.8. The molecule has 3 rings (SSSR count). The van der Waals surface area contributed by atoms with Crippen molar-refractivity contribution in [2.24, 2.45) is 0 Å². The highest BCUT2D eigenvalue weighted by atomic mass is 16.2. The van der Waals surface area contributed by atoms with Gasteiger partial charge in [0.05, 0.1) is 11.6 Å². The zero-order valence-corrected chi connectivity index (χ0v) is 12.3. The number of rotatable bonds is 3. The molecule has 0 radical (unpaired) electrons. The van der Waals surface area contributed by atoms with Crippen molar-refractivity contribution in [1.82, 2.24) is 9.80 Å². The molecule has 0 N–H and O–H groups in total. The van der Waals surface area contributed by atoms with Crippen LogP contribution in [0, 0.1) is 11.3 Å². The highest BCUT2D eigenvalue weighted by Gasteiger charge is 2.30. The van der Waals surface area contributed by atoms with Crippen molar-refractivity contribution in [2.45, 2.75) is 38.3 Å². The summed E-state index contributed by atoms with van der Waals surface area (Å²) in [6.45, 7) is 3.99. The predicted molar refractivity (Wildman–Crippen MR) is 80.4 cm³/mol. The molecule has 0 unspecified atom stereocenters. The normalized spacial score (nSPS) is 20.7. The van der Waals surface area contributed by atoms with Gasteiger partial charge in [-0.25, -0.2) is 0 Å². The van der Waals surface area contributed by atoms with E-state index < -0.39 is 0 Å². The molecule has 110 valence electrons. The third-order valence-corrected chi connectivity index (χ3v) is 4.60. The molecule has 21 heavy (non-hydrogen) atoms. The number of nitriles is 1. The Bertz CT molecular complexity index is 538. The maximum Gasteiger partial charge on any atom is 0.222 e. The Morgan fingerprint density at radius 3 is 2.43 bits per heavy atom. The molecular formula is C17H21N3O. The van der Waals surface area contributed by atoms with E-state index in [0.717, 1.165) is 51.9 Å². The first-order valence-corrected chi connectivity index (χ1v) is 7.77. The molecule has 2 heterocycles. The number of piperidine rings is 1. The summed E-state index contributed by atoms with van der Waals surface area (Å²) in [5.74, 6) is 0.348. The van der Waals surface area contributed by atoms with Crippen molar-refractivity contribution in [3.05, 3.63) is 35.4 Å². The summed E-state index contributed by atoms with van der Waals surface area (Å²) in [6.07, 6.45) is 3.94. The number of amides is 1. The Balaban J connectivity index is 1.51. The van der Waals surface area contributed by atoms with Gasteiger partial charge < -0.3 is 4.90 Å². The van der Waals surface area contributed by atoms with Gasteiger partial charge in [0, 0.05) is 38.6 Å². The van der Waals surface area contributed by atoms with Gasteiger partial charge >= 0.3 is 0 Å². The first-order chi connectivity index (χ1) is 10.3. The van der Waals surface area contributed by atoms with Gasteiger partial charge in [0.1, 0.15) is 0 Å². The Labute approximate surface area is 126 Å². The van der Waals surface area contributed by atoms with Crippen LogP contribution in [0.1, 0.15) is 36.8 Å². The topological polar surface area (TPSA) is 47.3 Å². The van der Waals surface area contributed by atoms with Crippen molar-refractivity contribution >= 4 is 5.91 Å². The summed E-state index contributed by atoms with van der Waals surface area (Å²) in [4.78, 5) is 16.3. The summed E-state index contributed by atoms with van der Waals surface area (Å²) in [5, 5.41) is 8.81. The van der Waals surface area contributed by atoms with Crippen LogP contribution in [0.4, 0.5) is 0 Å². The summed E-state index contributed by atoms with van der Waals surface area (Å²) in [7, 11) is 0. The lowest BCUT2D eigenvalue weighted by atomic mass is 10.0. The van der Waals surface area contributed by atoms with Crippen molar-refractivity contribution in [2.75, 3.05) is 19.6 Å². The SMILES string of the molecule is N#Cc1ccc(CN2CCC(N3CCCC3=O)CC2)cc1. The lowest BCUT2D eigenvalue weighted by molar-refractivity contribution is -0.130. The molecule has 1 aromatic carbocycles. The summed E-state index contributed by atoms with van der Waals surface area (Å²) >= 11 is 0. The number of hydrogen-bond acceptors (Lipinski definition) is 3. The fourth-order valence-corrected chi connectivity index (χ4v) is 3.39. The van der Waals surface area contributed by atoms with Crippen molar-refractivity contribution in [3.63, 3.8) is 0 Å². The summed E-state index contributed by atoms with van der Waals surface area (Å²) in [6, 6.07) is 10.4. The second kappa shape index (κ2) is 6.28. The van der Waals surface area contributed by atoms with Gasteiger partial charge in [0.15, 0.2) is 0 Å². The molecule has 0 bridgehead atoms. The molecule has 2 aliphatic rings. The van der Waals surface area contributed by atoms with Crippen LogP contribution in [0.2, 0.25) is 0 Å². The largest absolute Gasteiger partial charge is 0.340 e. The first-order valence-electron chi connectivity index (χ1n) is 7.77. The molecule has 0 atom stereocenters. The minimum absolute atomic E-state index is 0.348. The lowest BCUT2D eigenvalue weighted by Gasteiger charge is -2.36. The molecule has 4 nitrogen and oxygen atoms in total. The van der Waals surface area contributed by atoms with E-state index in [1.54, 1.807) is 0 Å². The van der Waals surface area contributed by atoms with Crippen LogP contribution in [0.25, 0.3) is 0 Å². The highest BCUT2D eigenvalue weighted by molar-refractivity contribution is 5.78. The van der Waals surface area contributed by atoms with Crippen molar-refractivity contribution in [3.8, 4) is 6.07 Å². The van der Waals surface area contributed by atoms with Crippen molar-refractivity contribution in [1.29, 1.82) is 5.26 Å². The molecule has 4 heteroatoms. The minimum atomic E-state index is 0.348. The van der Waals surface area contributed by atoms with Crippen LogP contribution in [-0.4, -0.2) is 41.4 Å². The van der Waals surface area contributed by atoms with E-state index in [4.69, 9.17) is 5.26 Å². The molecule has 0 aromatic heterocycles. The first kappa shape index (κ1) is 14.1. The van der Waals surface area contributed by atoms with Crippen LogP contribution < -0.4 is 0 Å². The molecule has 0 aliphatic carbocycles. The number of likely N-dealkylation sites (tertiary alicyclic amines) is 2. The Morgan fingerprint density at radius 1 is 1.14 bits per heavy atom. The van der Waals surface area contributed by atoms with Crippen LogP contribution in [0.3, 0.4) is 0 Å². The van der Waals surface area contributed by atoms with Gasteiger partial charge in [-0.3, -0.25) is 9.69 Å². The minimum Gasteiger partial charge on any atom is -0.340 e. The smallest absolute Gasteiger partial charge is 0.222 e. The van der Waals surface area contributed by atoms with Gasteiger partial charge in [-0.1, -0.05) is 12.1 Å². The van der Waals surface area contributed by atoms with Crippen LogP contribution >= 0.6 is 0 Å². The van der Waals surface area contributed by atoms with E-state index in [2.05, 4.69) is 15.9 Å². The molecule has 0 spiro atoms. The van der Waals surface area contributed by atoms with Gasteiger partial charge in [-0.05, 0) is 37.0 Å². The molecule has 2 aliphatic heterocycles. The Hall–Kier alpha value is -1.86. The van der Waals surface area contributed by atoms with Gasteiger partial charge in [-0.2, -0.15) is 5.26 Å². The Kier molecular flexibility index (Phi) is 4.21. The summed E-state index contributed by atoms with van der Waals surface area (Å²) in [5.41, 5.74) is 1.97. The number of nitrogens with zero attached hydrogens (tertiary/aromatic N) is 3. The van der Waals surface area contributed by atoms with Gasteiger partial charge in [-0.15, -0.1) is 0 Å². The average molecular weight is 283 g/mol. The lowest BCUT2D eigenvalue weighted by Crippen LogP contribution is -2.45. The number of carbonyl (C=O) groups is 1. The molecule has 1 amide bonds. The molecule has 1 aromatic rings. The standard InChI is InChI=1S/C17H21N3O/c18-12-14-3-5-15(6-4-14)13-19-10-7-16(8-11-19)20-9-1-2-17(20)21/h3-6,16H,1-2,7-11,13H2. The van der Waals surface area contributed by atoms with Gasteiger partial charge in [0.25, 0.3) is 0 Å². The summed E-state index contributed by atoms with van der Waals surface area (Å²) < 4.78 is 0. The molecular weight excluding hydrogens is 262 g/mol. The number of benzene rings is 1. The molecule has 2 fully saturated rings. The third kappa shape index (κ3) is 3.25. The third-order valence-electron chi connectivity index (χ3n) is 4.60. The van der Waals surface area contributed by atoms with E-state index in [-0.39, 0.29) is 0 Å². The number of hydrogen-bond donors (Lipinski definition) is 0. The van der Waals surface area contributed by atoms with Crippen LogP contribution in [0.5, 0.6) is 0 Å². The van der Waals surface area contributed by atoms with E-state index in [9.17, 15) is 4.79 Å². The maximum atomic E-state index is 11.8. The highest BCUT2D eigenvalue weighted by Crippen LogP contribution is 2.23. The molecule has 2 saturated heterocycles. The van der Waals surface area contributed by atoms with Crippen molar-refractivity contribution < 1.29 is 4.79 Å². The van der Waals surface area contributed by atoms with Crippen LogP contribution in [0.15, 0.2) is 24.3 Å². The Morgan fingerprint density at radius 2 is 1.86 bits per heavy atom. The number of carbonyl (C=O) groups excluding carboxylic acids is 1.